The molecule has 3 amide bonds. The molecule has 3 rings (SSSR count). The zero-order valence-electron chi connectivity index (χ0n) is 15.9. The first kappa shape index (κ1) is 19.9. The van der Waals surface area contributed by atoms with Gasteiger partial charge in [0.1, 0.15) is 0 Å². The molecule has 0 unspecified atom stereocenters. The maximum atomic E-state index is 12.8. The van der Waals surface area contributed by atoms with E-state index in [2.05, 4.69) is 10.3 Å². The highest BCUT2D eigenvalue weighted by Gasteiger charge is 2.27. The molecule has 8 heteroatoms. The van der Waals surface area contributed by atoms with Crippen LogP contribution in [0.1, 0.15) is 23.0 Å². The van der Waals surface area contributed by atoms with Crippen molar-refractivity contribution in [3.8, 4) is 5.88 Å². The molecule has 0 atom stereocenters. The lowest BCUT2D eigenvalue weighted by Crippen LogP contribution is -2.51. The van der Waals surface area contributed by atoms with E-state index >= 15 is 0 Å². The number of amides is 3. The largest absolute Gasteiger partial charge is 0.478 e. The molecule has 1 aliphatic heterocycles. The number of nitrogens with zero attached hydrogens (tertiary/aromatic N) is 3. The van der Waals surface area contributed by atoms with Gasteiger partial charge in [-0.1, -0.05) is 23.7 Å². The van der Waals surface area contributed by atoms with Gasteiger partial charge in [-0.2, -0.15) is 0 Å². The van der Waals surface area contributed by atoms with Crippen molar-refractivity contribution >= 4 is 29.2 Å². The second-order valence-corrected chi connectivity index (χ2v) is 6.90. The fourth-order valence-corrected chi connectivity index (χ4v) is 3.18. The van der Waals surface area contributed by atoms with Crippen LogP contribution >= 0.6 is 11.6 Å². The number of carbonyl (C=O) groups excluding carboxylic acids is 2. The Morgan fingerprint density at radius 1 is 1.14 bits per heavy atom. The normalized spacial score (nSPS) is 14.0. The molecule has 2 heterocycles. The van der Waals surface area contributed by atoms with Crippen LogP contribution in [0.5, 0.6) is 5.88 Å². The molecule has 1 fully saturated rings. The summed E-state index contributed by atoms with van der Waals surface area (Å²) in [5.74, 6) is 0.108. The number of aromatic nitrogens is 1. The van der Waals surface area contributed by atoms with Crippen molar-refractivity contribution in [2.75, 3.05) is 38.1 Å². The molecular formula is C20H23ClN4O3. The highest BCUT2D eigenvalue weighted by atomic mass is 35.5. The number of pyridine rings is 1. The van der Waals surface area contributed by atoms with Crippen molar-refractivity contribution in [1.82, 2.24) is 14.8 Å². The Labute approximate surface area is 169 Å². The lowest BCUT2D eigenvalue weighted by atomic mass is 10.2. The van der Waals surface area contributed by atoms with Crippen molar-refractivity contribution in [1.29, 1.82) is 0 Å². The number of anilines is 1. The van der Waals surface area contributed by atoms with Gasteiger partial charge in [-0.15, -0.1) is 0 Å². The van der Waals surface area contributed by atoms with Crippen LogP contribution in [0, 0.1) is 6.92 Å². The topological polar surface area (TPSA) is 74.8 Å². The predicted molar refractivity (Wildman–Crippen MR) is 108 cm³/mol. The van der Waals surface area contributed by atoms with Crippen LogP contribution in [0.3, 0.4) is 0 Å². The van der Waals surface area contributed by atoms with Gasteiger partial charge in [0.05, 0.1) is 11.6 Å². The molecule has 0 saturated carbocycles. The fraction of sp³-hybridized carbons (Fsp3) is 0.350. The minimum Gasteiger partial charge on any atom is -0.478 e. The van der Waals surface area contributed by atoms with E-state index in [1.54, 1.807) is 21.9 Å². The number of benzene rings is 1. The van der Waals surface area contributed by atoms with Gasteiger partial charge in [0, 0.05) is 37.9 Å². The molecule has 0 aliphatic carbocycles. The van der Waals surface area contributed by atoms with Crippen LogP contribution in [-0.2, 0) is 0 Å². The zero-order chi connectivity index (χ0) is 20.1. The smallest absolute Gasteiger partial charge is 0.321 e. The standard InChI is InChI=1S/C20H23ClN4O3/c1-3-28-17-8-7-16(21)18(23-17)19(26)24-9-11-25(12-10-24)20(27)22-15-6-4-5-14(2)13-15/h4-8,13H,3,9-12H2,1-2H3,(H,22,27). The minimum atomic E-state index is -0.259. The third-order valence-corrected chi connectivity index (χ3v) is 4.74. The quantitative estimate of drug-likeness (QED) is 0.850. The third kappa shape index (κ3) is 4.72. The molecule has 148 valence electrons. The molecule has 0 radical (unpaired) electrons. The van der Waals surface area contributed by atoms with Crippen molar-refractivity contribution in [3.05, 3.63) is 52.7 Å². The Morgan fingerprint density at radius 3 is 2.54 bits per heavy atom. The Hall–Kier alpha value is -2.80. The Kier molecular flexibility index (Phi) is 6.36. The SMILES string of the molecule is CCOc1ccc(Cl)c(C(=O)N2CCN(C(=O)Nc3cccc(C)c3)CC2)n1. The molecule has 1 aromatic heterocycles. The average Bonchev–Trinajstić information content (AvgIpc) is 2.69. The molecule has 7 nitrogen and oxygen atoms in total. The number of aryl methyl sites for hydroxylation is 1. The summed E-state index contributed by atoms with van der Waals surface area (Å²) in [5.41, 5.74) is 2.00. The Bertz CT molecular complexity index is 866. The fourth-order valence-electron chi connectivity index (χ4n) is 2.99. The van der Waals surface area contributed by atoms with E-state index in [4.69, 9.17) is 16.3 Å². The van der Waals surface area contributed by atoms with Gasteiger partial charge in [-0.05, 0) is 37.6 Å². The van der Waals surface area contributed by atoms with E-state index in [1.165, 1.54) is 0 Å². The molecule has 1 aromatic carbocycles. The van der Waals surface area contributed by atoms with Crippen molar-refractivity contribution in [2.45, 2.75) is 13.8 Å². The number of ether oxygens (including phenoxy) is 1. The molecule has 28 heavy (non-hydrogen) atoms. The number of urea groups is 1. The van der Waals surface area contributed by atoms with E-state index in [-0.39, 0.29) is 22.7 Å². The average molecular weight is 403 g/mol. The van der Waals surface area contributed by atoms with E-state index in [9.17, 15) is 9.59 Å². The summed E-state index contributed by atoms with van der Waals surface area (Å²) < 4.78 is 5.35. The van der Waals surface area contributed by atoms with Crippen molar-refractivity contribution in [2.24, 2.45) is 0 Å². The van der Waals surface area contributed by atoms with Crippen LogP contribution in [0.4, 0.5) is 10.5 Å². The van der Waals surface area contributed by atoms with Gasteiger partial charge in [-0.25, -0.2) is 9.78 Å². The van der Waals surface area contributed by atoms with Crippen LogP contribution in [0.15, 0.2) is 36.4 Å². The molecule has 1 N–H and O–H groups in total. The number of piperazine rings is 1. The lowest BCUT2D eigenvalue weighted by molar-refractivity contribution is 0.0665. The van der Waals surface area contributed by atoms with Gasteiger partial charge in [0.15, 0.2) is 5.69 Å². The number of halogens is 1. The van der Waals surface area contributed by atoms with Crippen LogP contribution < -0.4 is 10.1 Å². The van der Waals surface area contributed by atoms with E-state index in [1.807, 2.05) is 38.1 Å². The summed E-state index contributed by atoms with van der Waals surface area (Å²) in [6.07, 6.45) is 0. The summed E-state index contributed by atoms with van der Waals surface area (Å²) in [6.45, 7) is 5.97. The number of nitrogens with one attached hydrogen (secondary N) is 1. The summed E-state index contributed by atoms with van der Waals surface area (Å²) >= 11 is 6.15. The second kappa shape index (κ2) is 8.93. The molecule has 0 spiro atoms. The number of hydrogen-bond donors (Lipinski definition) is 1. The van der Waals surface area contributed by atoms with Gasteiger partial charge in [0.2, 0.25) is 5.88 Å². The summed E-state index contributed by atoms with van der Waals surface area (Å²) in [7, 11) is 0. The third-order valence-electron chi connectivity index (χ3n) is 4.44. The van der Waals surface area contributed by atoms with Crippen LogP contribution in [-0.4, -0.2) is 59.5 Å². The Morgan fingerprint density at radius 2 is 1.86 bits per heavy atom. The van der Waals surface area contributed by atoms with Gasteiger partial charge >= 0.3 is 6.03 Å². The van der Waals surface area contributed by atoms with E-state index < -0.39 is 0 Å². The minimum absolute atomic E-state index is 0.172. The second-order valence-electron chi connectivity index (χ2n) is 6.49. The molecule has 0 bridgehead atoms. The first-order valence-electron chi connectivity index (χ1n) is 9.19. The first-order chi connectivity index (χ1) is 13.5. The van der Waals surface area contributed by atoms with Gasteiger partial charge in [-0.3, -0.25) is 4.79 Å². The lowest BCUT2D eigenvalue weighted by Gasteiger charge is -2.34. The van der Waals surface area contributed by atoms with E-state index in [0.29, 0.717) is 38.7 Å². The summed E-state index contributed by atoms with van der Waals surface area (Å²) in [4.78, 5) is 32.8. The highest BCUT2D eigenvalue weighted by Crippen LogP contribution is 2.20. The Balaban J connectivity index is 1.59. The predicted octanol–water partition coefficient (Wildman–Crippen LogP) is 3.43. The molecule has 1 saturated heterocycles. The molecule has 2 aromatic rings. The van der Waals surface area contributed by atoms with Crippen molar-refractivity contribution in [3.63, 3.8) is 0 Å². The first-order valence-corrected chi connectivity index (χ1v) is 9.57. The van der Waals surface area contributed by atoms with E-state index in [0.717, 1.165) is 11.3 Å². The van der Waals surface area contributed by atoms with Crippen LogP contribution in [0.25, 0.3) is 0 Å². The summed E-state index contributed by atoms with van der Waals surface area (Å²) in [5, 5.41) is 3.18. The monoisotopic (exact) mass is 402 g/mol. The molecule has 1 aliphatic rings. The van der Waals surface area contributed by atoms with Gasteiger partial charge in [0.25, 0.3) is 5.91 Å². The van der Waals surface area contributed by atoms with Crippen molar-refractivity contribution < 1.29 is 14.3 Å². The molecular weight excluding hydrogens is 380 g/mol. The maximum absolute atomic E-state index is 12.8. The number of rotatable bonds is 4. The highest BCUT2D eigenvalue weighted by molar-refractivity contribution is 6.33. The number of carbonyl (C=O) groups is 2. The zero-order valence-corrected chi connectivity index (χ0v) is 16.7. The van der Waals surface area contributed by atoms with Crippen LogP contribution in [0.2, 0.25) is 5.02 Å². The summed E-state index contributed by atoms with van der Waals surface area (Å²) in [6, 6.07) is 10.7. The maximum Gasteiger partial charge on any atom is 0.321 e. The van der Waals surface area contributed by atoms with Gasteiger partial charge < -0.3 is 19.9 Å². The number of hydrogen-bond acceptors (Lipinski definition) is 4.